The van der Waals surface area contributed by atoms with Gasteiger partial charge in [-0.25, -0.2) is 4.98 Å². The van der Waals surface area contributed by atoms with Gasteiger partial charge in [-0.3, -0.25) is 14.3 Å². The van der Waals surface area contributed by atoms with Gasteiger partial charge in [-0.1, -0.05) is 30.3 Å². The van der Waals surface area contributed by atoms with Crippen LogP contribution in [-0.4, -0.2) is 44.4 Å². The molecular weight excluding hydrogens is 352 g/mol. The monoisotopic (exact) mass is 376 g/mol. The molecule has 3 heterocycles. The maximum absolute atomic E-state index is 13.3. The summed E-state index contributed by atoms with van der Waals surface area (Å²) >= 11 is 0. The molecule has 1 aromatic carbocycles. The van der Waals surface area contributed by atoms with Gasteiger partial charge in [0.1, 0.15) is 0 Å². The summed E-state index contributed by atoms with van der Waals surface area (Å²) in [5.41, 5.74) is 3.75. The van der Waals surface area contributed by atoms with Crippen molar-refractivity contribution in [3.63, 3.8) is 0 Å². The largest absolute Gasteiger partial charge is 0.339 e. The molecule has 144 valence electrons. The number of benzene rings is 1. The minimum Gasteiger partial charge on any atom is -0.339 e. The van der Waals surface area contributed by atoms with Crippen LogP contribution in [0.15, 0.2) is 36.4 Å². The van der Waals surface area contributed by atoms with E-state index in [0.29, 0.717) is 31.5 Å². The first-order valence-electron chi connectivity index (χ1n) is 9.65. The van der Waals surface area contributed by atoms with Crippen LogP contribution in [0.5, 0.6) is 0 Å². The minimum atomic E-state index is -0.0224. The Labute approximate surface area is 164 Å². The van der Waals surface area contributed by atoms with Gasteiger partial charge in [-0.05, 0) is 32.8 Å². The predicted octanol–water partition coefficient (Wildman–Crippen LogP) is 3.32. The van der Waals surface area contributed by atoms with E-state index in [1.165, 1.54) is 0 Å². The van der Waals surface area contributed by atoms with E-state index in [-0.39, 0.29) is 17.6 Å². The predicted molar refractivity (Wildman–Crippen MR) is 107 cm³/mol. The number of amides is 1. The average Bonchev–Trinajstić information content (AvgIpc) is 3.00. The lowest BCUT2D eigenvalue weighted by atomic mass is 9.88. The van der Waals surface area contributed by atoms with Gasteiger partial charge >= 0.3 is 0 Å². The van der Waals surface area contributed by atoms with Crippen LogP contribution in [0, 0.1) is 19.8 Å². The molecule has 4 rings (SSSR count). The summed E-state index contributed by atoms with van der Waals surface area (Å²) in [6.07, 6.45) is 1.39. The van der Waals surface area contributed by atoms with Gasteiger partial charge in [-0.2, -0.15) is 5.10 Å². The summed E-state index contributed by atoms with van der Waals surface area (Å²) < 4.78 is 1.72. The third-order valence-electron chi connectivity index (χ3n) is 5.54. The lowest BCUT2D eigenvalue weighted by molar-refractivity contribution is 0.0652. The Kier molecular flexibility index (Phi) is 4.71. The zero-order chi connectivity index (χ0) is 19.8. The molecule has 0 spiro atoms. The number of ketones is 1. The molecule has 28 heavy (non-hydrogen) atoms. The van der Waals surface area contributed by atoms with Crippen molar-refractivity contribution >= 4 is 22.7 Å². The van der Waals surface area contributed by atoms with E-state index in [4.69, 9.17) is 0 Å². The fourth-order valence-electron chi connectivity index (χ4n) is 4.09. The molecule has 0 bridgehead atoms. The normalized spacial score (nSPS) is 15.2. The summed E-state index contributed by atoms with van der Waals surface area (Å²) in [7, 11) is 1.84. The molecular formula is C22H24N4O2. The van der Waals surface area contributed by atoms with E-state index >= 15 is 0 Å². The molecule has 0 radical (unpaired) electrons. The van der Waals surface area contributed by atoms with Crippen molar-refractivity contribution in [1.82, 2.24) is 19.7 Å². The van der Waals surface area contributed by atoms with Gasteiger partial charge in [0.2, 0.25) is 0 Å². The Balaban J connectivity index is 1.54. The van der Waals surface area contributed by atoms with E-state index in [1.54, 1.807) is 4.68 Å². The van der Waals surface area contributed by atoms with E-state index in [9.17, 15) is 9.59 Å². The van der Waals surface area contributed by atoms with Crippen molar-refractivity contribution in [3.05, 3.63) is 58.9 Å². The fourth-order valence-corrected chi connectivity index (χ4v) is 4.09. The lowest BCUT2D eigenvalue weighted by Crippen LogP contribution is -2.40. The van der Waals surface area contributed by atoms with Crippen molar-refractivity contribution in [1.29, 1.82) is 0 Å². The van der Waals surface area contributed by atoms with Crippen molar-refractivity contribution in [2.24, 2.45) is 13.0 Å². The molecule has 1 aliphatic rings. The van der Waals surface area contributed by atoms with Crippen LogP contribution in [0.25, 0.3) is 11.0 Å². The first-order chi connectivity index (χ1) is 13.5. The van der Waals surface area contributed by atoms with E-state index in [1.807, 2.05) is 62.2 Å². The molecule has 1 saturated heterocycles. The molecule has 0 unspecified atom stereocenters. The van der Waals surface area contributed by atoms with E-state index < -0.39 is 0 Å². The van der Waals surface area contributed by atoms with Crippen LogP contribution in [0.3, 0.4) is 0 Å². The Morgan fingerprint density at radius 3 is 2.43 bits per heavy atom. The van der Waals surface area contributed by atoms with E-state index in [0.717, 1.165) is 28.0 Å². The van der Waals surface area contributed by atoms with Crippen LogP contribution >= 0.6 is 0 Å². The molecule has 6 heteroatoms. The Morgan fingerprint density at radius 1 is 1.07 bits per heavy atom. The molecule has 0 atom stereocenters. The molecule has 1 fully saturated rings. The van der Waals surface area contributed by atoms with Gasteiger partial charge in [0, 0.05) is 37.3 Å². The summed E-state index contributed by atoms with van der Waals surface area (Å²) in [6, 6.07) is 11.3. The number of carbonyl (C=O) groups excluding carboxylic acids is 2. The number of likely N-dealkylation sites (tertiary alicyclic amines) is 1. The van der Waals surface area contributed by atoms with Crippen molar-refractivity contribution < 1.29 is 9.59 Å². The summed E-state index contributed by atoms with van der Waals surface area (Å²) in [5, 5.41) is 5.25. The highest BCUT2D eigenvalue weighted by molar-refractivity contribution is 6.06. The summed E-state index contributed by atoms with van der Waals surface area (Å²) in [6.45, 7) is 4.97. The molecule has 1 aliphatic heterocycles. The average molecular weight is 376 g/mol. The minimum absolute atomic E-state index is 0.00258. The van der Waals surface area contributed by atoms with E-state index in [2.05, 4.69) is 10.1 Å². The van der Waals surface area contributed by atoms with Crippen LogP contribution in [0.4, 0.5) is 0 Å². The second-order valence-electron chi connectivity index (χ2n) is 7.52. The second kappa shape index (κ2) is 7.19. The maximum Gasteiger partial charge on any atom is 0.254 e. The summed E-state index contributed by atoms with van der Waals surface area (Å²) in [4.78, 5) is 32.3. The van der Waals surface area contributed by atoms with Crippen LogP contribution < -0.4 is 0 Å². The van der Waals surface area contributed by atoms with Gasteiger partial charge in [0.05, 0.1) is 16.6 Å². The number of Topliss-reactive ketones (excluding diaryl/α,β-unsaturated/α-hetero) is 1. The smallest absolute Gasteiger partial charge is 0.254 e. The van der Waals surface area contributed by atoms with Gasteiger partial charge < -0.3 is 4.90 Å². The van der Waals surface area contributed by atoms with Gasteiger partial charge in [-0.15, -0.1) is 0 Å². The van der Waals surface area contributed by atoms with Crippen molar-refractivity contribution in [3.8, 4) is 0 Å². The maximum atomic E-state index is 13.3. The molecule has 6 nitrogen and oxygen atoms in total. The lowest BCUT2D eigenvalue weighted by Gasteiger charge is -2.31. The number of pyridine rings is 1. The highest BCUT2D eigenvalue weighted by atomic mass is 16.2. The molecule has 0 saturated carbocycles. The number of nitrogens with zero attached hydrogens (tertiary/aromatic N) is 4. The molecule has 0 aliphatic carbocycles. The number of rotatable bonds is 3. The number of hydrogen-bond donors (Lipinski definition) is 0. The molecule has 2 aromatic heterocycles. The zero-order valence-corrected chi connectivity index (χ0v) is 16.5. The molecule has 3 aromatic rings. The number of carbonyl (C=O) groups is 2. The standard InChI is InChI=1S/C22H24N4O2/c1-14-13-18(19-15(2)24-25(3)21(19)23-14)22(28)26-11-9-17(10-12-26)20(27)16-7-5-4-6-8-16/h4-8,13,17H,9-12H2,1-3H3. The zero-order valence-electron chi connectivity index (χ0n) is 16.5. The quantitative estimate of drug-likeness (QED) is 0.658. The van der Waals surface area contributed by atoms with Crippen LogP contribution in [-0.2, 0) is 7.05 Å². The summed E-state index contributed by atoms with van der Waals surface area (Å²) in [5.74, 6) is 0.154. The highest BCUT2D eigenvalue weighted by Gasteiger charge is 2.29. The Morgan fingerprint density at radius 2 is 1.75 bits per heavy atom. The number of fused-ring (bicyclic) bond motifs is 1. The van der Waals surface area contributed by atoms with Crippen LogP contribution in [0.2, 0.25) is 0 Å². The highest BCUT2D eigenvalue weighted by Crippen LogP contribution is 2.26. The number of aryl methyl sites for hydroxylation is 3. The first kappa shape index (κ1) is 18.3. The fraction of sp³-hybridized carbons (Fsp3) is 0.364. The number of aromatic nitrogens is 3. The van der Waals surface area contributed by atoms with Gasteiger partial charge in [0.25, 0.3) is 5.91 Å². The van der Waals surface area contributed by atoms with Gasteiger partial charge in [0.15, 0.2) is 11.4 Å². The second-order valence-corrected chi connectivity index (χ2v) is 7.52. The third-order valence-corrected chi connectivity index (χ3v) is 5.54. The molecule has 1 amide bonds. The number of piperidine rings is 1. The van der Waals surface area contributed by atoms with Crippen molar-refractivity contribution in [2.75, 3.05) is 13.1 Å². The SMILES string of the molecule is Cc1cc(C(=O)N2CCC(C(=O)c3ccccc3)CC2)c2c(C)nn(C)c2n1. The third kappa shape index (κ3) is 3.19. The Hall–Kier alpha value is -3.02. The van der Waals surface area contributed by atoms with Crippen LogP contribution in [0.1, 0.15) is 44.9 Å². The number of hydrogen-bond acceptors (Lipinski definition) is 4. The first-order valence-corrected chi connectivity index (χ1v) is 9.65. The topological polar surface area (TPSA) is 68.1 Å². The Bertz CT molecular complexity index is 1050. The van der Waals surface area contributed by atoms with Crippen molar-refractivity contribution in [2.45, 2.75) is 26.7 Å². The molecule has 0 N–H and O–H groups in total.